The van der Waals surface area contributed by atoms with E-state index >= 15 is 0 Å². The molecule has 0 fully saturated rings. The topological polar surface area (TPSA) is 45.8 Å². The van der Waals surface area contributed by atoms with Crippen LogP contribution in [-0.4, -0.2) is 9.97 Å². The Bertz CT molecular complexity index is 903. The van der Waals surface area contributed by atoms with Crippen molar-refractivity contribution in [2.75, 3.05) is 0 Å². The Morgan fingerprint density at radius 3 is 2.68 bits per heavy atom. The van der Waals surface area contributed by atoms with Gasteiger partial charge < -0.3 is 4.98 Å². The minimum atomic E-state index is 0.00679. The number of H-pyrrole nitrogens is 1. The highest BCUT2D eigenvalue weighted by Gasteiger charge is 2.21. The van der Waals surface area contributed by atoms with E-state index in [-0.39, 0.29) is 5.56 Å². The van der Waals surface area contributed by atoms with Crippen LogP contribution in [-0.2, 0) is 12.8 Å². The molecule has 0 amide bonds. The fourth-order valence-electron chi connectivity index (χ4n) is 3.16. The van der Waals surface area contributed by atoms with Gasteiger partial charge in [-0.2, -0.15) is 0 Å². The summed E-state index contributed by atoms with van der Waals surface area (Å²) in [5.74, 6) is 1.18. The highest BCUT2D eigenvalue weighted by molar-refractivity contribution is 7.18. The first-order valence-corrected chi connectivity index (χ1v) is 8.60. The molecule has 0 saturated heterocycles. The minimum Gasteiger partial charge on any atom is -0.306 e. The summed E-state index contributed by atoms with van der Waals surface area (Å²) >= 11 is 1.69. The van der Waals surface area contributed by atoms with E-state index in [1.165, 1.54) is 16.0 Å². The van der Waals surface area contributed by atoms with E-state index in [1.807, 2.05) is 12.1 Å². The molecule has 0 saturated carbocycles. The average molecular weight is 310 g/mol. The first-order chi connectivity index (χ1) is 10.6. The third-order valence-electron chi connectivity index (χ3n) is 4.43. The van der Waals surface area contributed by atoms with Crippen molar-refractivity contribution in [3.8, 4) is 11.4 Å². The summed E-state index contributed by atoms with van der Waals surface area (Å²) in [4.78, 5) is 22.4. The van der Waals surface area contributed by atoms with Crippen molar-refractivity contribution < 1.29 is 0 Å². The lowest BCUT2D eigenvalue weighted by atomic mass is 10.0. The van der Waals surface area contributed by atoms with Gasteiger partial charge in [-0.15, -0.1) is 11.3 Å². The van der Waals surface area contributed by atoms with Crippen molar-refractivity contribution in [2.24, 2.45) is 0 Å². The number of fused-ring (bicyclic) bond motifs is 3. The van der Waals surface area contributed by atoms with Gasteiger partial charge in [0.05, 0.1) is 5.39 Å². The highest BCUT2D eigenvalue weighted by Crippen LogP contribution is 2.35. The minimum absolute atomic E-state index is 0.00679. The third-order valence-corrected chi connectivity index (χ3v) is 5.61. The summed E-state index contributed by atoms with van der Waals surface area (Å²) in [6.07, 6.45) is 3.27. The Balaban J connectivity index is 1.84. The van der Waals surface area contributed by atoms with E-state index in [0.29, 0.717) is 11.7 Å². The second kappa shape index (κ2) is 5.06. The number of benzene rings is 1. The molecule has 2 aromatic heterocycles. The summed E-state index contributed by atoms with van der Waals surface area (Å²) < 4.78 is 0. The zero-order valence-corrected chi connectivity index (χ0v) is 13.6. The van der Waals surface area contributed by atoms with Crippen LogP contribution in [0.3, 0.4) is 0 Å². The number of hydrogen-bond acceptors (Lipinski definition) is 3. The lowest BCUT2D eigenvalue weighted by Crippen LogP contribution is -2.09. The van der Waals surface area contributed by atoms with Crippen LogP contribution >= 0.6 is 11.3 Å². The zero-order chi connectivity index (χ0) is 15.3. The van der Waals surface area contributed by atoms with E-state index in [0.717, 1.165) is 35.0 Å². The molecule has 3 aromatic rings. The van der Waals surface area contributed by atoms with Crippen molar-refractivity contribution in [2.45, 2.75) is 39.0 Å². The van der Waals surface area contributed by atoms with Gasteiger partial charge in [-0.1, -0.05) is 38.1 Å². The van der Waals surface area contributed by atoms with Crippen LogP contribution in [0.1, 0.15) is 42.2 Å². The SMILES string of the molecule is CC(C)c1ccc(-c2nc3sc4c(c3c(=O)[nH]2)CCC4)cc1. The summed E-state index contributed by atoms with van der Waals surface area (Å²) in [5.41, 5.74) is 3.50. The summed E-state index contributed by atoms with van der Waals surface area (Å²) in [6, 6.07) is 8.30. The van der Waals surface area contributed by atoms with E-state index in [9.17, 15) is 4.79 Å². The van der Waals surface area contributed by atoms with E-state index < -0.39 is 0 Å². The Morgan fingerprint density at radius 2 is 1.95 bits per heavy atom. The number of aryl methyl sites for hydroxylation is 2. The maximum Gasteiger partial charge on any atom is 0.260 e. The molecular formula is C18H18N2OS. The van der Waals surface area contributed by atoms with Gasteiger partial charge >= 0.3 is 0 Å². The van der Waals surface area contributed by atoms with Crippen molar-refractivity contribution in [1.29, 1.82) is 0 Å². The molecule has 1 aliphatic rings. The molecule has 22 heavy (non-hydrogen) atoms. The molecule has 0 bridgehead atoms. The number of rotatable bonds is 2. The quantitative estimate of drug-likeness (QED) is 0.768. The predicted octanol–water partition coefficient (Wildman–Crippen LogP) is 4.26. The maximum absolute atomic E-state index is 12.5. The molecule has 1 N–H and O–H groups in total. The van der Waals surface area contributed by atoms with Gasteiger partial charge in [0.2, 0.25) is 0 Å². The van der Waals surface area contributed by atoms with E-state index in [1.54, 1.807) is 11.3 Å². The first-order valence-electron chi connectivity index (χ1n) is 7.78. The molecule has 4 rings (SSSR count). The van der Waals surface area contributed by atoms with Crippen LogP contribution in [0.15, 0.2) is 29.1 Å². The summed E-state index contributed by atoms with van der Waals surface area (Å²) in [7, 11) is 0. The van der Waals surface area contributed by atoms with Gasteiger partial charge in [0.1, 0.15) is 10.7 Å². The van der Waals surface area contributed by atoms with Crippen molar-refractivity contribution in [3.05, 3.63) is 50.6 Å². The van der Waals surface area contributed by atoms with Crippen LogP contribution in [0.5, 0.6) is 0 Å². The molecule has 0 atom stereocenters. The zero-order valence-electron chi connectivity index (χ0n) is 12.8. The number of hydrogen-bond donors (Lipinski definition) is 1. The Labute approximate surface area is 133 Å². The molecule has 4 heteroatoms. The monoisotopic (exact) mass is 310 g/mol. The molecule has 2 heterocycles. The Morgan fingerprint density at radius 1 is 1.18 bits per heavy atom. The third kappa shape index (κ3) is 2.10. The number of aromatic amines is 1. The van der Waals surface area contributed by atoms with Gasteiger partial charge in [-0.25, -0.2) is 4.98 Å². The summed E-state index contributed by atoms with van der Waals surface area (Å²) in [5, 5.41) is 0.819. The van der Waals surface area contributed by atoms with E-state index in [2.05, 4.69) is 31.0 Å². The van der Waals surface area contributed by atoms with Gasteiger partial charge in [0.25, 0.3) is 5.56 Å². The smallest absolute Gasteiger partial charge is 0.260 e. The number of nitrogens with one attached hydrogen (secondary N) is 1. The van der Waals surface area contributed by atoms with Gasteiger partial charge in [0.15, 0.2) is 0 Å². The van der Waals surface area contributed by atoms with Crippen LogP contribution in [0.2, 0.25) is 0 Å². The molecule has 3 nitrogen and oxygen atoms in total. The largest absolute Gasteiger partial charge is 0.306 e. The predicted molar refractivity (Wildman–Crippen MR) is 91.8 cm³/mol. The van der Waals surface area contributed by atoms with Crippen molar-refractivity contribution in [3.63, 3.8) is 0 Å². The summed E-state index contributed by atoms with van der Waals surface area (Å²) in [6.45, 7) is 4.35. The van der Waals surface area contributed by atoms with Crippen LogP contribution < -0.4 is 5.56 Å². The average Bonchev–Trinajstić information content (AvgIpc) is 3.07. The van der Waals surface area contributed by atoms with Gasteiger partial charge in [-0.3, -0.25) is 4.79 Å². The molecule has 1 aromatic carbocycles. The Kier molecular flexibility index (Phi) is 3.15. The molecule has 0 spiro atoms. The Hall–Kier alpha value is -1.94. The van der Waals surface area contributed by atoms with Crippen molar-refractivity contribution in [1.82, 2.24) is 9.97 Å². The lowest BCUT2D eigenvalue weighted by Gasteiger charge is -2.06. The first kappa shape index (κ1) is 13.7. The van der Waals surface area contributed by atoms with Gasteiger partial charge in [0, 0.05) is 10.4 Å². The second-order valence-electron chi connectivity index (χ2n) is 6.23. The number of nitrogens with zero attached hydrogens (tertiary/aromatic N) is 1. The van der Waals surface area contributed by atoms with Crippen LogP contribution in [0, 0.1) is 0 Å². The lowest BCUT2D eigenvalue weighted by molar-refractivity contribution is 0.867. The second-order valence-corrected chi connectivity index (χ2v) is 7.31. The van der Waals surface area contributed by atoms with Gasteiger partial charge in [-0.05, 0) is 36.3 Å². The fraction of sp³-hybridized carbons (Fsp3) is 0.333. The molecule has 0 radical (unpaired) electrons. The van der Waals surface area contributed by atoms with Crippen LogP contribution in [0.25, 0.3) is 21.6 Å². The standard InChI is InChI=1S/C18H18N2OS/c1-10(2)11-6-8-12(9-7-11)16-19-17(21)15-13-4-3-5-14(13)22-18(15)20-16/h6-10H,3-5H2,1-2H3,(H,19,20,21). The fourth-order valence-corrected chi connectivity index (χ4v) is 4.43. The molecular weight excluding hydrogens is 292 g/mol. The number of thiophene rings is 1. The normalized spacial score (nSPS) is 14.0. The maximum atomic E-state index is 12.5. The molecule has 1 aliphatic carbocycles. The highest BCUT2D eigenvalue weighted by atomic mass is 32.1. The van der Waals surface area contributed by atoms with Crippen molar-refractivity contribution >= 4 is 21.6 Å². The van der Waals surface area contributed by atoms with E-state index in [4.69, 9.17) is 4.98 Å². The molecule has 0 unspecified atom stereocenters. The van der Waals surface area contributed by atoms with Crippen LogP contribution in [0.4, 0.5) is 0 Å². The number of aromatic nitrogens is 2. The molecule has 0 aliphatic heterocycles. The molecule has 112 valence electrons.